The van der Waals surface area contributed by atoms with E-state index in [4.69, 9.17) is 0 Å². The summed E-state index contributed by atoms with van der Waals surface area (Å²) in [7, 11) is 0. The second-order valence-corrected chi connectivity index (χ2v) is 4.38. The zero-order valence-electron chi connectivity index (χ0n) is 9.54. The smallest absolute Gasteiger partial charge is 0.157 e. The van der Waals surface area contributed by atoms with Gasteiger partial charge in [0, 0.05) is 44.4 Å². The maximum atomic E-state index is 11.3. The molecule has 2 aliphatic rings. The molecule has 1 saturated heterocycles. The summed E-state index contributed by atoms with van der Waals surface area (Å²) in [4.78, 5) is 16.2. The van der Waals surface area contributed by atoms with Crippen LogP contribution < -0.4 is 0 Å². The van der Waals surface area contributed by atoms with Gasteiger partial charge in [-0.3, -0.25) is 4.79 Å². The molecular weight excluding hydrogens is 188 g/mol. The molecule has 0 atom stereocenters. The summed E-state index contributed by atoms with van der Waals surface area (Å²) in [5.41, 5.74) is 1.28. The zero-order valence-corrected chi connectivity index (χ0v) is 9.54. The molecule has 15 heavy (non-hydrogen) atoms. The first kappa shape index (κ1) is 10.7. The maximum absolute atomic E-state index is 11.3. The van der Waals surface area contributed by atoms with Gasteiger partial charge in [0.15, 0.2) is 5.78 Å². The number of ketones is 1. The number of carbonyl (C=O) groups excluding carboxylic acids is 1. The molecule has 0 saturated carbocycles. The molecule has 1 aliphatic heterocycles. The standard InChI is InChI=1S/C12H20N2O/c1-2-13-6-8-14(9-7-13)11-4-3-5-12(15)10-11/h10H,2-9H2,1H3. The predicted octanol–water partition coefficient (Wildman–Crippen LogP) is 1.26. The van der Waals surface area contributed by atoms with Crippen LogP contribution in [0.15, 0.2) is 11.8 Å². The topological polar surface area (TPSA) is 23.6 Å². The minimum Gasteiger partial charge on any atom is -0.372 e. The fourth-order valence-electron chi connectivity index (χ4n) is 2.37. The Kier molecular flexibility index (Phi) is 3.41. The third-order valence-electron chi connectivity index (χ3n) is 3.41. The highest BCUT2D eigenvalue weighted by molar-refractivity contribution is 5.91. The second-order valence-electron chi connectivity index (χ2n) is 4.38. The van der Waals surface area contributed by atoms with Gasteiger partial charge < -0.3 is 9.80 Å². The first-order valence-corrected chi connectivity index (χ1v) is 6.00. The normalized spacial score (nSPS) is 24.2. The molecule has 0 spiro atoms. The van der Waals surface area contributed by atoms with Crippen molar-refractivity contribution in [1.82, 2.24) is 9.80 Å². The van der Waals surface area contributed by atoms with Crippen molar-refractivity contribution >= 4 is 5.78 Å². The van der Waals surface area contributed by atoms with Crippen LogP contribution in [0.25, 0.3) is 0 Å². The van der Waals surface area contributed by atoms with Crippen molar-refractivity contribution in [2.24, 2.45) is 0 Å². The zero-order chi connectivity index (χ0) is 10.7. The highest BCUT2D eigenvalue weighted by Gasteiger charge is 2.20. The SMILES string of the molecule is CCN1CCN(C2=CC(=O)CCC2)CC1. The third kappa shape index (κ3) is 2.59. The molecule has 1 heterocycles. The molecule has 0 bridgehead atoms. The van der Waals surface area contributed by atoms with E-state index in [0.717, 1.165) is 52.0 Å². The Morgan fingerprint density at radius 1 is 1.20 bits per heavy atom. The van der Waals surface area contributed by atoms with Crippen LogP contribution in [0.5, 0.6) is 0 Å². The molecule has 0 aromatic carbocycles. The average molecular weight is 208 g/mol. The summed E-state index contributed by atoms with van der Waals surface area (Å²) in [6.45, 7) is 7.81. The number of carbonyl (C=O) groups is 1. The number of nitrogens with zero attached hydrogens (tertiary/aromatic N) is 2. The van der Waals surface area contributed by atoms with Crippen LogP contribution in [-0.4, -0.2) is 48.3 Å². The van der Waals surface area contributed by atoms with Gasteiger partial charge in [-0.25, -0.2) is 0 Å². The monoisotopic (exact) mass is 208 g/mol. The molecule has 0 aromatic heterocycles. The predicted molar refractivity (Wildman–Crippen MR) is 60.6 cm³/mol. The van der Waals surface area contributed by atoms with Crippen LogP contribution in [0.2, 0.25) is 0 Å². The van der Waals surface area contributed by atoms with Gasteiger partial charge in [0.05, 0.1) is 0 Å². The quantitative estimate of drug-likeness (QED) is 0.682. The Hall–Kier alpha value is -0.830. The van der Waals surface area contributed by atoms with Crippen LogP contribution >= 0.6 is 0 Å². The molecular formula is C12H20N2O. The maximum Gasteiger partial charge on any atom is 0.157 e. The Bertz CT molecular complexity index is 265. The van der Waals surface area contributed by atoms with Gasteiger partial charge in [-0.1, -0.05) is 6.92 Å². The Morgan fingerprint density at radius 2 is 1.93 bits per heavy atom. The molecule has 2 rings (SSSR count). The van der Waals surface area contributed by atoms with E-state index in [-0.39, 0.29) is 0 Å². The first-order valence-electron chi connectivity index (χ1n) is 6.00. The Labute approximate surface area is 91.7 Å². The summed E-state index contributed by atoms with van der Waals surface area (Å²) in [5, 5.41) is 0. The number of hydrogen-bond donors (Lipinski definition) is 0. The van der Waals surface area contributed by atoms with Gasteiger partial charge in [-0.05, 0) is 19.4 Å². The first-order chi connectivity index (χ1) is 7.29. The summed E-state index contributed by atoms with van der Waals surface area (Å²) >= 11 is 0. The molecule has 0 unspecified atom stereocenters. The average Bonchev–Trinajstić information content (AvgIpc) is 2.29. The van der Waals surface area contributed by atoms with Gasteiger partial charge in [-0.2, -0.15) is 0 Å². The molecule has 0 radical (unpaired) electrons. The van der Waals surface area contributed by atoms with Crippen molar-refractivity contribution in [2.45, 2.75) is 26.2 Å². The van der Waals surface area contributed by atoms with E-state index in [2.05, 4.69) is 16.7 Å². The lowest BCUT2D eigenvalue weighted by Gasteiger charge is -2.37. The lowest BCUT2D eigenvalue weighted by Crippen LogP contribution is -2.45. The van der Waals surface area contributed by atoms with Gasteiger partial charge >= 0.3 is 0 Å². The van der Waals surface area contributed by atoms with Crippen molar-refractivity contribution in [3.63, 3.8) is 0 Å². The van der Waals surface area contributed by atoms with E-state index in [9.17, 15) is 4.79 Å². The van der Waals surface area contributed by atoms with E-state index in [1.807, 2.05) is 6.08 Å². The largest absolute Gasteiger partial charge is 0.372 e. The van der Waals surface area contributed by atoms with Crippen molar-refractivity contribution in [1.29, 1.82) is 0 Å². The molecule has 84 valence electrons. The highest BCUT2D eigenvalue weighted by Crippen LogP contribution is 2.20. The molecule has 3 nitrogen and oxygen atoms in total. The van der Waals surface area contributed by atoms with Crippen molar-refractivity contribution in [3.05, 3.63) is 11.8 Å². The molecule has 1 aliphatic carbocycles. The molecule has 3 heteroatoms. The summed E-state index contributed by atoms with van der Waals surface area (Å²) in [6, 6.07) is 0. The van der Waals surface area contributed by atoms with E-state index in [1.54, 1.807) is 0 Å². The number of piperazine rings is 1. The van der Waals surface area contributed by atoms with E-state index >= 15 is 0 Å². The van der Waals surface area contributed by atoms with Crippen LogP contribution in [-0.2, 0) is 4.79 Å². The minimum atomic E-state index is 0.314. The van der Waals surface area contributed by atoms with Crippen molar-refractivity contribution in [2.75, 3.05) is 32.7 Å². The molecule has 0 aromatic rings. The fourth-order valence-corrected chi connectivity index (χ4v) is 2.37. The van der Waals surface area contributed by atoms with Gasteiger partial charge in [0.25, 0.3) is 0 Å². The Morgan fingerprint density at radius 3 is 2.53 bits per heavy atom. The van der Waals surface area contributed by atoms with Crippen molar-refractivity contribution < 1.29 is 4.79 Å². The fraction of sp³-hybridized carbons (Fsp3) is 0.750. The second kappa shape index (κ2) is 4.79. The van der Waals surface area contributed by atoms with Crippen molar-refractivity contribution in [3.8, 4) is 0 Å². The van der Waals surface area contributed by atoms with Gasteiger partial charge in [0.1, 0.15) is 0 Å². The van der Waals surface area contributed by atoms with Gasteiger partial charge in [0.2, 0.25) is 0 Å². The summed E-state index contributed by atoms with van der Waals surface area (Å²) in [5.74, 6) is 0.314. The van der Waals surface area contributed by atoms with E-state index < -0.39 is 0 Å². The number of hydrogen-bond acceptors (Lipinski definition) is 3. The number of likely N-dealkylation sites (N-methyl/N-ethyl adjacent to an activating group) is 1. The lowest BCUT2D eigenvalue weighted by molar-refractivity contribution is -0.115. The minimum absolute atomic E-state index is 0.314. The van der Waals surface area contributed by atoms with Crippen LogP contribution in [0.1, 0.15) is 26.2 Å². The van der Waals surface area contributed by atoms with E-state index in [0.29, 0.717) is 5.78 Å². The van der Waals surface area contributed by atoms with Gasteiger partial charge in [-0.15, -0.1) is 0 Å². The third-order valence-corrected chi connectivity index (χ3v) is 3.41. The van der Waals surface area contributed by atoms with E-state index in [1.165, 1.54) is 5.70 Å². The molecule has 0 N–H and O–H groups in total. The lowest BCUT2D eigenvalue weighted by atomic mass is 10.0. The summed E-state index contributed by atoms with van der Waals surface area (Å²) < 4.78 is 0. The van der Waals surface area contributed by atoms with Crippen LogP contribution in [0.4, 0.5) is 0 Å². The number of rotatable bonds is 2. The molecule has 0 amide bonds. The molecule has 1 fully saturated rings. The van der Waals surface area contributed by atoms with Crippen LogP contribution in [0.3, 0.4) is 0 Å². The number of allylic oxidation sites excluding steroid dienone is 2. The summed E-state index contributed by atoms with van der Waals surface area (Å²) in [6.07, 6.45) is 4.75. The highest BCUT2D eigenvalue weighted by atomic mass is 16.1. The van der Waals surface area contributed by atoms with Crippen LogP contribution in [0, 0.1) is 0 Å². The Balaban J connectivity index is 1.92.